The van der Waals surface area contributed by atoms with Gasteiger partial charge in [0, 0.05) is 56.4 Å². The summed E-state index contributed by atoms with van der Waals surface area (Å²) in [5.41, 5.74) is -0.260. The van der Waals surface area contributed by atoms with E-state index in [1.165, 1.54) is 18.2 Å². The monoisotopic (exact) mass is 621 g/mol. The van der Waals surface area contributed by atoms with E-state index >= 15 is 4.39 Å². The van der Waals surface area contributed by atoms with E-state index in [4.69, 9.17) is 21.3 Å². The fraction of sp³-hybridized carbons (Fsp3) is 0.500. The number of hydrogen-bond donors (Lipinski definition) is 0. The average Bonchev–Trinajstić information content (AvgIpc) is 3.15. The SMILES string of the molecule is C=CC(=O)N1CCN2C(=O)c3c(N4CC(N5CC(C(F)(F)F)C5)CC4(C)C)nc(-c4ccccc4F)c(Cl)c3OC[C@H]2C1. The second-order valence-corrected chi connectivity index (χ2v) is 12.6. The van der Waals surface area contributed by atoms with Crippen LogP contribution in [0.3, 0.4) is 0 Å². The van der Waals surface area contributed by atoms with Crippen molar-refractivity contribution in [1.82, 2.24) is 19.7 Å². The number of carbonyl (C=O) groups is 2. The summed E-state index contributed by atoms with van der Waals surface area (Å²) in [5, 5.41) is -0.0135. The number of halogens is 5. The minimum atomic E-state index is -4.24. The standard InChI is InChI=1S/C30H32ClF4N5O3/c1-4-22(41)37-9-10-39-19(14-37)16-43-26-23(28(39)42)27(36-25(24(26)31)20-7-5-6-8-21(20)32)40-15-18(11-29(40,2)3)38-12-17(13-38)30(33,34)35/h4-8,17-19H,1,9-16H2,2-3H3/t18?,19-/m1/s1. The van der Waals surface area contributed by atoms with Crippen molar-refractivity contribution >= 4 is 29.2 Å². The number of carbonyl (C=O) groups excluding carboxylic acids is 2. The molecule has 2 atom stereocenters. The van der Waals surface area contributed by atoms with Crippen molar-refractivity contribution in [2.24, 2.45) is 5.92 Å². The molecule has 0 saturated carbocycles. The van der Waals surface area contributed by atoms with Gasteiger partial charge < -0.3 is 19.4 Å². The van der Waals surface area contributed by atoms with Crippen molar-refractivity contribution in [3.05, 3.63) is 53.3 Å². The van der Waals surface area contributed by atoms with E-state index in [2.05, 4.69) is 6.58 Å². The molecule has 1 aromatic heterocycles. The molecule has 1 aromatic carbocycles. The van der Waals surface area contributed by atoms with Gasteiger partial charge in [-0.05, 0) is 38.5 Å². The van der Waals surface area contributed by atoms with Crippen LogP contribution in [0.15, 0.2) is 36.9 Å². The Kier molecular flexibility index (Phi) is 7.36. The number of hydrogen-bond acceptors (Lipinski definition) is 6. The fourth-order valence-electron chi connectivity index (χ4n) is 6.65. The summed E-state index contributed by atoms with van der Waals surface area (Å²) >= 11 is 6.85. The molecule has 230 valence electrons. The van der Waals surface area contributed by atoms with Crippen molar-refractivity contribution in [3.63, 3.8) is 0 Å². The normalized spacial score (nSPS) is 24.2. The second kappa shape index (κ2) is 10.7. The molecule has 2 amide bonds. The minimum absolute atomic E-state index is 0.0135. The highest BCUT2D eigenvalue weighted by Gasteiger charge is 2.53. The highest BCUT2D eigenvalue weighted by Crippen LogP contribution is 2.48. The zero-order valence-electron chi connectivity index (χ0n) is 23.8. The third-order valence-electron chi connectivity index (χ3n) is 9.07. The Labute approximate surface area is 251 Å². The number of aromatic nitrogens is 1. The molecule has 4 aliphatic rings. The number of rotatable bonds is 4. The summed E-state index contributed by atoms with van der Waals surface area (Å²) in [5.74, 6) is -2.23. The van der Waals surface area contributed by atoms with Crippen LogP contribution in [0.25, 0.3) is 11.3 Å². The Morgan fingerprint density at radius 3 is 2.53 bits per heavy atom. The topological polar surface area (TPSA) is 69.2 Å². The van der Waals surface area contributed by atoms with Crippen LogP contribution in [0.5, 0.6) is 5.75 Å². The van der Waals surface area contributed by atoms with Gasteiger partial charge in [-0.2, -0.15) is 13.2 Å². The molecule has 0 radical (unpaired) electrons. The maximum absolute atomic E-state index is 15.1. The van der Waals surface area contributed by atoms with Crippen LogP contribution in [0.4, 0.5) is 23.4 Å². The molecular formula is C30H32ClF4N5O3. The van der Waals surface area contributed by atoms with Gasteiger partial charge in [0.15, 0.2) is 5.75 Å². The zero-order valence-corrected chi connectivity index (χ0v) is 24.6. The number of piperazine rings is 1. The molecule has 43 heavy (non-hydrogen) atoms. The number of likely N-dealkylation sites (tertiary alicyclic amines) is 1. The largest absolute Gasteiger partial charge is 0.489 e. The third-order valence-corrected chi connectivity index (χ3v) is 9.42. The molecule has 5 heterocycles. The zero-order chi connectivity index (χ0) is 30.8. The third kappa shape index (κ3) is 5.12. The summed E-state index contributed by atoms with van der Waals surface area (Å²) in [6, 6.07) is 5.33. The molecule has 3 saturated heterocycles. The first kappa shape index (κ1) is 29.7. The maximum Gasteiger partial charge on any atom is 0.394 e. The number of pyridine rings is 1. The maximum atomic E-state index is 15.1. The first-order chi connectivity index (χ1) is 20.3. The van der Waals surface area contributed by atoms with Gasteiger partial charge in [-0.25, -0.2) is 9.37 Å². The average molecular weight is 622 g/mol. The van der Waals surface area contributed by atoms with Gasteiger partial charge >= 0.3 is 6.18 Å². The Morgan fingerprint density at radius 1 is 1.14 bits per heavy atom. The second-order valence-electron chi connectivity index (χ2n) is 12.2. The van der Waals surface area contributed by atoms with Gasteiger partial charge in [0.05, 0.1) is 17.7 Å². The molecule has 6 rings (SSSR count). The Bertz CT molecular complexity index is 1480. The lowest BCUT2D eigenvalue weighted by Crippen LogP contribution is -2.57. The van der Waals surface area contributed by atoms with E-state index in [0.29, 0.717) is 19.5 Å². The van der Waals surface area contributed by atoms with Crippen molar-refractivity contribution < 1.29 is 31.9 Å². The van der Waals surface area contributed by atoms with Gasteiger partial charge in [0.2, 0.25) is 5.91 Å². The Morgan fingerprint density at radius 2 is 1.86 bits per heavy atom. The Balaban J connectivity index is 1.42. The van der Waals surface area contributed by atoms with E-state index in [0.717, 1.165) is 0 Å². The molecule has 0 aliphatic carbocycles. The molecule has 3 fully saturated rings. The molecule has 0 N–H and O–H groups in total. The summed E-state index contributed by atoms with van der Waals surface area (Å²) in [6.45, 7) is 8.43. The van der Waals surface area contributed by atoms with Crippen molar-refractivity contribution in [3.8, 4) is 17.0 Å². The lowest BCUT2D eigenvalue weighted by Gasteiger charge is -2.43. The summed E-state index contributed by atoms with van der Waals surface area (Å²) in [7, 11) is 0. The van der Waals surface area contributed by atoms with E-state index in [9.17, 15) is 22.8 Å². The van der Waals surface area contributed by atoms with Gasteiger partial charge in [-0.1, -0.05) is 30.3 Å². The van der Waals surface area contributed by atoms with Crippen molar-refractivity contribution in [2.45, 2.75) is 44.1 Å². The van der Waals surface area contributed by atoms with Crippen LogP contribution in [-0.2, 0) is 4.79 Å². The van der Waals surface area contributed by atoms with Gasteiger partial charge in [0.25, 0.3) is 5.91 Å². The number of alkyl halides is 3. The van der Waals surface area contributed by atoms with Crippen LogP contribution < -0.4 is 9.64 Å². The van der Waals surface area contributed by atoms with E-state index in [1.54, 1.807) is 21.9 Å². The summed E-state index contributed by atoms with van der Waals surface area (Å²) in [6.07, 6.45) is -2.48. The van der Waals surface area contributed by atoms with Crippen LogP contribution >= 0.6 is 11.6 Å². The molecule has 0 spiro atoms. The van der Waals surface area contributed by atoms with Crippen LogP contribution in [0.2, 0.25) is 5.02 Å². The van der Waals surface area contributed by atoms with E-state index in [1.807, 2.05) is 23.6 Å². The first-order valence-corrected chi connectivity index (χ1v) is 14.6. The molecule has 0 bridgehead atoms. The van der Waals surface area contributed by atoms with E-state index in [-0.39, 0.29) is 84.1 Å². The van der Waals surface area contributed by atoms with Crippen LogP contribution in [0.1, 0.15) is 30.6 Å². The highest BCUT2D eigenvalue weighted by atomic mass is 35.5. The van der Waals surface area contributed by atoms with Crippen LogP contribution in [-0.4, -0.2) is 101 Å². The molecule has 1 unspecified atom stereocenters. The number of ether oxygens (including phenoxy) is 1. The molecule has 2 aromatic rings. The number of benzene rings is 1. The number of nitrogens with zero attached hydrogens (tertiary/aromatic N) is 5. The number of anilines is 1. The lowest BCUT2D eigenvalue weighted by atomic mass is 9.93. The van der Waals surface area contributed by atoms with Crippen molar-refractivity contribution in [1.29, 1.82) is 0 Å². The summed E-state index contributed by atoms with van der Waals surface area (Å²) < 4.78 is 61.1. The molecule has 4 aliphatic heterocycles. The van der Waals surface area contributed by atoms with Gasteiger partial charge in [0.1, 0.15) is 28.8 Å². The van der Waals surface area contributed by atoms with Crippen LogP contribution in [0, 0.1) is 11.7 Å². The van der Waals surface area contributed by atoms with Gasteiger partial charge in [-0.3, -0.25) is 14.5 Å². The minimum Gasteiger partial charge on any atom is -0.489 e. The highest BCUT2D eigenvalue weighted by molar-refractivity contribution is 6.35. The molecule has 13 heteroatoms. The molecular weight excluding hydrogens is 590 g/mol. The number of fused-ring (bicyclic) bond motifs is 2. The first-order valence-electron chi connectivity index (χ1n) is 14.2. The predicted octanol–water partition coefficient (Wildman–Crippen LogP) is 4.62. The smallest absolute Gasteiger partial charge is 0.394 e. The Hall–Kier alpha value is -3.38. The summed E-state index contributed by atoms with van der Waals surface area (Å²) in [4.78, 5) is 38.4. The van der Waals surface area contributed by atoms with Gasteiger partial charge in [-0.15, -0.1) is 0 Å². The van der Waals surface area contributed by atoms with E-state index < -0.39 is 29.5 Å². The molecule has 8 nitrogen and oxygen atoms in total. The van der Waals surface area contributed by atoms with Crippen molar-refractivity contribution in [2.75, 3.05) is 50.8 Å². The fourth-order valence-corrected chi connectivity index (χ4v) is 6.94. The number of amides is 2. The quantitative estimate of drug-likeness (QED) is 0.367. The predicted molar refractivity (Wildman–Crippen MR) is 153 cm³/mol. The lowest BCUT2D eigenvalue weighted by molar-refractivity contribution is -0.213.